The summed E-state index contributed by atoms with van der Waals surface area (Å²) in [4.78, 5) is 6.15. The molecular weight excluding hydrogens is 404 g/mol. The Balaban J connectivity index is 1.45. The van der Waals surface area contributed by atoms with Crippen LogP contribution in [-0.2, 0) is 13.6 Å². The van der Waals surface area contributed by atoms with Crippen LogP contribution in [0.1, 0.15) is 43.0 Å². The minimum Gasteiger partial charge on any atom is -0.355 e. The van der Waals surface area contributed by atoms with Crippen LogP contribution < -0.4 is 10.6 Å². The quantitative estimate of drug-likeness (QED) is 0.410. The molecule has 31 heavy (non-hydrogen) atoms. The number of hydrogen-bond donors (Lipinski definition) is 2. The first-order valence-electron chi connectivity index (χ1n) is 10.7. The largest absolute Gasteiger partial charge is 0.355 e. The molecule has 3 aromatic rings. The molecule has 2 aromatic carbocycles. The summed E-state index contributed by atoms with van der Waals surface area (Å²) >= 11 is 1.96. The minimum atomic E-state index is 0.144. The lowest BCUT2D eigenvalue weighted by Crippen LogP contribution is -2.42. The van der Waals surface area contributed by atoms with Crippen LogP contribution in [-0.4, -0.2) is 32.0 Å². The number of aromatic nitrogens is 3. The van der Waals surface area contributed by atoms with E-state index >= 15 is 0 Å². The van der Waals surface area contributed by atoms with Crippen LogP contribution in [0.3, 0.4) is 0 Å². The number of benzene rings is 2. The number of nitrogens with zero attached hydrogens (tertiary/aromatic N) is 4. The van der Waals surface area contributed by atoms with Gasteiger partial charge < -0.3 is 15.2 Å². The standard InChI is InChI=1S/C24H30N6S/c1-18(20-10-6-4-7-11-20)27-23(25-16-22-29-28-19(2)30(22)3)26-17-24(14-15-24)31-21-12-8-5-9-13-21/h4-13,18H,14-17H2,1-3H3,(H2,25,26,27). The summed E-state index contributed by atoms with van der Waals surface area (Å²) in [5.74, 6) is 2.55. The zero-order valence-corrected chi connectivity index (χ0v) is 19.2. The Labute approximate surface area is 188 Å². The summed E-state index contributed by atoms with van der Waals surface area (Å²) in [6.45, 7) is 5.46. The predicted octanol–water partition coefficient (Wildman–Crippen LogP) is 4.24. The topological polar surface area (TPSA) is 67.1 Å². The molecule has 1 atom stereocenters. The first-order valence-corrected chi connectivity index (χ1v) is 11.6. The van der Waals surface area contributed by atoms with Gasteiger partial charge in [0.1, 0.15) is 12.4 Å². The van der Waals surface area contributed by atoms with Gasteiger partial charge in [-0.1, -0.05) is 48.5 Å². The molecule has 0 amide bonds. The zero-order valence-electron chi connectivity index (χ0n) is 18.4. The van der Waals surface area contributed by atoms with Crippen molar-refractivity contribution in [2.45, 2.75) is 48.9 Å². The van der Waals surface area contributed by atoms with E-state index in [0.29, 0.717) is 6.54 Å². The number of aliphatic imine (C=N–C) groups is 1. The molecule has 6 nitrogen and oxygen atoms in total. The van der Waals surface area contributed by atoms with Crippen LogP contribution in [0, 0.1) is 6.92 Å². The Bertz CT molecular complexity index is 1010. The highest BCUT2D eigenvalue weighted by Gasteiger charge is 2.43. The third-order valence-electron chi connectivity index (χ3n) is 5.68. The monoisotopic (exact) mass is 434 g/mol. The van der Waals surface area contributed by atoms with Gasteiger partial charge in [-0.2, -0.15) is 0 Å². The van der Waals surface area contributed by atoms with Crippen molar-refractivity contribution in [1.29, 1.82) is 0 Å². The SMILES string of the molecule is Cc1nnc(CN=C(NCC2(Sc3ccccc3)CC2)NC(C)c2ccccc2)n1C. The van der Waals surface area contributed by atoms with E-state index in [9.17, 15) is 0 Å². The third kappa shape index (κ3) is 5.67. The van der Waals surface area contributed by atoms with Gasteiger partial charge in [0.05, 0.1) is 6.04 Å². The number of hydrogen-bond acceptors (Lipinski definition) is 4. The van der Waals surface area contributed by atoms with E-state index in [1.807, 2.05) is 36.4 Å². The number of nitrogens with one attached hydrogen (secondary N) is 2. The van der Waals surface area contributed by atoms with Crippen molar-refractivity contribution >= 4 is 17.7 Å². The lowest BCUT2D eigenvalue weighted by Gasteiger charge is -2.22. The average molecular weight is 435 g/mol. The molecule has 2 N–H and O–H groups in total. The third-order valence-corrected chi connectivity index (χ3v) is 7.17. The summed E-state index contributed by atoms with van der Waals surface area (Å²) < 4.78 is 2.22. The van der Waals surface area contributed by atoms with Crippen LogP contribution in [0.5, 0.6) is 0 Å². The van der Waals surface area contributed by atoms with Crippen molar-refractivity contribution in [3.8, 4) is 0 Å². The highest BCUT2D eigenvalue weighted by atomic mass is 32.2. The molecule has 0 radical (unpaired) electrons. The molecular formula is C24H30N6S. The summed E-state index contributed by atoms with van der Waals surface area (Å²) in [5, 5.41) is 15.6. The van der Waals surface area contributed by atoms with Gasteiger partial charge in [-0.25, -0.2) is 4.99 Å². The molecule has 1 aromatic heterocycles. The number of aryl methyl sites for hydroxylation is 1. The fourth-order valence-electron chi connectivity index (χ4n) is 3.36. The number of rotatable bonds is 8. The second-order valence-corrected chi connectivity index (χ2v) is 9.66. The summed E-state index contributed by atoms with van der Waals surface area (Å²) in [7, 11) is 1.98. The van der Waals surface area contributed by atoms with Crippen LogP contribution in [0.4, 0.5) is 0 Å². The van der Waals surface area contributed by atoms with Crippen molar-refractivity contribution in [2.75, 3.05) is 6.54 Å². The van der Waals surface area contributed by atoms with Crippen LogP contribution in [0.15, 0.2) is 70.6 Å². The first kappa shape index (κ1) is 21.4. The smallest absolute Gasteiger partial charge is 0.192 e. The molecule has 7 heteroatoms. The first-order chi connectivity index (χ1) is 15.0. The van der Waals surface area contributed by atoms with Gasteiger partial charge in [-0.3, -0.25) is 0 Å². The molecule has 0 spiro atoms. The lowest BCUT2D eigenvalue weighted by molar-refractivity contribution is 0.670. The van der Waals surface area contributed by atoms with Gasteiger partial charge in [0.25, 0.3) is 0 Å². The molecule has 0 bridgehead atoms. The molecule has 0 aliphatic heterocycles. The fraction of sp³-hybridized carbons (Fsp3) is 0.375. The molecule has 0 saturated heterocycles. The molecule has 162 valence electrons. The average Bonchev–Trinajstić information content (AvgIpc) is 3.49. The predicted molar refractivity (Wildman–Crippen MR) is 127 cm³/mol. The van der Waals surface area contributed by atoms with Gasteiger partial charge in [-0.05, 0) is 44.4 Å². The minimum absolute atomic E-state index is 0.144. The highest BCUT2D eigenvalue weighted by molar-refractivity contribution is 8.01. The van der Waals surface area contributed by atoms with E-state index in [1.54, 1.807) is 0 Å². The van der Waals surface area contributed by atoms with Crippen molar-refractivity contribution in [3.05, 3.63) is 77.9 Å². The van der Waals surface area contributed by atoms with E-state index in [1.165, 1.54) is 23.3 Å². The Kier molecular flexibility index (Phi) is 6.61. The van der Waals surface area contributed by atoms with Crippen LogP contribution in [0.25, 0.3) is 0 Å². The molecule has 4 rings (SSSR count). The van der Waals surface area contributed by atoms with E-state index in [2.05, 4.69) is 82.4 Å². The van der Waals surface area contributed by atoms with Crippen LogP contribution in [0.2, 0.25) is 0 Å². The Morgan fingerprint density at radius 3 is 2.39 bits per heavy atom. The highest BCUT2D eigenvalue weighted by Crippen LogP contribution is 2.51. The maximum absolute atomic E-state index is 4.83. The second-order valence-electron chi connectivity index (χ2n) is 8.12. The van der Waals surface area contributed by atoms with Crippen LogP contribution >= 0.6 is 11.8 Å². The lowest BCUT2D eigenvalue weighted by atomic mass is 10.1. The molecule has 1 saturated carbocycles. The molecule has 1 aliphatic carbocycles. The molecule has 1 heterocycles. The fourth-order valence-corrected chi connectivity index (χ4v) is 4.60. The van der Waals surface area contributed by atoms with Gasteiger partial charge in [0, 0.05) is 23.2 Å². The van der Waals surface area contributed by atoms with Gasteiger partial charge >= 0.3 is 0 Å². The Hall–Kier alpha value is -2.80. The number of thioether (sulfide) groups is 1. The Morgan fingerprint density at radius 1 is 1.10 bits per heavy atom. The Morgan fingerprint density at radius 2 is 1.77 bits per heavy atom. The summed E-state index contributed by atoms with van der Waals surface area (Å²) in [6, 6.07) is 21.2. The van der Waals surface area contributed by atoms with Gasteiger partial charge in [0.15, 0.2) is 11.8 Å². The summed E-state index contributed by atoms with van der Waals surface area (Å²) in [5.41, 5.74) is 1.23. The van der Waals surface area contributed by atoms with Crippen molar-refractivity contribution < 1.29 is 0 Å². The van der Waals surface area contributed by atoms with E-state index in [0.717, 1.165) is 24.2 Å². The summed E-state index contributed by atoms with van der Waals surface area (Å²) in [6.07, 6.45) is 2.42. The number of guanidine groups is 1. The molecule has 1 fully saturated rings. The molecule has 1 aliphatic rings. The maximum atomic E-state index is 4.83. The van der Waals surface area contributed by atoms with E-state index < -0.39 is 0 Å². The second kappa shape index (κ2) is 9.56. The van der Waals surface area contributed by atoms with Gasteiger partial charge in [-0.15, -0.1) is 22.0 Å². The van der Waals surface area contributed by atoms with E-state index in [-0.39, 0.29) is 10.8 Å². The molecule has 1 unspecified atom stereocenters. The van der Waals surface area contributed by atoms with Crippen molar-refractivity contribution in [2.24, 2.45) is 12.0 Å². The van der Waals surface area contributed by atoms with Gasteiger partial charge in [0.2, 0.25) is 0 Å². The van der Waals surface area contributed by atoms with E-state index in [4.69, 9.17) is 4.99 Å². The zero-order chi connectivity index (χ0) is 21.7. The normalized spacial score (nSPS) is 16.0. The maximum Gasteiger partial charge on any atom is 0.192 e. The van der Waals surface area contributed by atoms with Crippen molar-refractivity contribution in [3.63, 3.8) is 0 Å². The van der Waals surface area contributed by atoms with Crippen molar-refractivity contribution in [1.82, 2.24) is 25.4 Å².